The molecular formula is C17H17ClN4O2. The fraction of sp³-hybridized carbons (Fsp3) is 0.176. The first-order valence-corrected chi connectivity index (χ1v) is 7.85. The van der Waals surface area contributed by atoms with Crippen LogP contribution in [0.25, 0.3) is 11.0 Å². The molecule has 0 aliphatic rings. The molecule has 0 aliphatic carbocycles. The molecule has 0 saturated carbocycles. The van der Waals surface area contributed by atoms with Gasteiger partial charge in [-0.05, 0) is 49.2 Å². The van der Waals surface area contributed by atoms with E-state index < -0.39 is 0 Å². The number of H-pyrrole nitrogens is 1. The Labute approximate surface area is 144 Å². The van der Waals surface area contributed by atoms with Gasteiger partial charge in [0.15, 0.2) is 11.5 Å². The molecule has 0 aliphatic heterocycles. The van der Waals surface area contributed by atoms with Gasteiger partial charge in [0, 0.05) is 0 Å². The van der Waals surface area contributed by atoms with Gasteiger partial charge in [0.05, 0.1) is 28.9 Å². The van der Waals surface area contributed by atoms with Crippen molar-refractivity contribution < 1.29 is 9.84 Å². The van der Waals surface area contributed by atoms with Crippen LogP contribution in [-0.2, 0) is 0 Å². The number of hydrogen-bond acceptors (Lipinski definition) is 5. The van der Waals surface area contributed by atoms with Gasteiger partial charge in [-0.2, -0.15) is 5.10 Å². The van der Waals surface area contributed by atoms with E-state index >= 15 is 0 Å². The zero-order valence-corrected chi connectivity index (χ0v) is 14.1. The molecule has 0 spiro atoms. The monoisotopic (exact) mass is 344 g/mol. The second-order valence-electron chi connectivity index (χ2n) is 5.26. The number of phenols is 1. The molecule has 3 rings (SSSR count). The number of aromatic amines is 1. The molecule has 0 bridgehead atoms. The number of rotatable bonds is 5. The van der Waals surface area contributed by atoms with E-state index in [2.05, 4.69) is 20.5 Å². The number of phenolic OH excluding ortho intramolecular Hbond substituents is 1. The molecule has 1 aromatic heterocycles. The molecule has 24 heavy (non-hydrogen) atoms. The highest BCUT2D eigenvalue weighted by Crippen LogP contribution is 2.34. The van der Waals surface area contributed by atoms with Gasteiger partial charge >= 0.3 is 0 Å². The van der Waals surface area contributed by atoms with Crippen LogP contribution in [0.4, 0.5) is 5.95 Å². The third-order valence-corrected chi connectivity index (χ3v) is 3.66. The molecule has 0 unspecified atom stereocenters. The minimum atomic E-state index is -0.0729. The number of aryl methyl sites for hydroxylation is 1. The average molecular weight is 345 g/mol. The van der Waals surface area contributed by atoms with Gasteiger partial charge in [-0.15, -0.1) is 0 Å². The topological polar surface area (TPSA) is 82.5 Å². The Morgan fingerprint density at radius 2 is 2.21 bits per heavy atom. The second kappa shape index (κ2) is 6.80. The van der Waals surface area contributed by atoms with Crippen LogP contribution in [0.15, 0.2) is 35.4 Å². The zero-order chi connectivity index (χ0) is 17.1. The number of nitrogens with zero attached hydrogens (tertiary/aromatic N) is 2. The lowest BCUT2D eigenvalue weighted by Crippen LogP contribution is -1.95. The number of aromatic hydroxyl groups is 1. The number of hydrogen-bond donors (Lipinski definition) is 3. The number of fused-ring (bicyclic) bond motifs is 1. The summed E-state index contributed by atoms with van der Waals surface area (Å²) in [5.41, 5.74) is 6.50. The molecule has 7 heteroatoms. The number of halogens is 1. The van der Waals surface area contributed by atoms with Crippen molar-refractivity contribution >= 4 is 34.8 Å². The van der Waals surface area contributed by atoms with Crippen molar-refractivity contribution in [3.8, 4) is 11.5 Å². The van der Waals surface area contributed by atoms with Crippen LogP contribution in [0.3, 0.4) is 0 Å². The molecule has 3 N–H and O–H groups in total. The van der Waals surface area contributed by atoms with Crippen molar-refractivity contribution in [3.05, 3.63) is 46.5 Å². The van der Waals surface area contributed by atoms with Gasteiger partial charge in [-0.3, -0.25) is 0 Å². The normalized spacial score (nSPS) is 11.3. The van der Waals surface area contributed by atoms with E-state index in [4.69, 9.17) is 16.3 Å². The molecule has 0 saturated heterocycles. The lowest BCUT2D eigenvalue weighted by atomic mass is 10.2. The predicted molar refractivity (Wildman–Crippen MR) is 96.3 cm³/mol. The van der Waals surface area contributed by atoms with Crippen molar-refractivity contribution in [2.45, 2.75) is 13.8 Å². The maximum Gasteiger partial charge on any atom is 0.222 e. The van der Waals surface area contributed by atoms with Crippen LogP contribution < -0.4 is 10.2 Å². The highest BCUT2D eigenvalue weighted by Gasteiger charge is 2.08. The van der Waals surface area contributed by atoms with Gasteiger partial charge in [0.2, 0.25) is 5.95 Å². The van der Waals surface area contributed by atoms with E-state index in [1.165, 1.54) is 0 Å². The standard InChI is InChI=1S/C17H17ClN4O2/c1-3-24-15-8-11(7-12(18)16(15)23)9-19-22-17-20-13-5-4-10(2)6-14(13)21-17/h4-9,23H,3H2,1-2H3,(H2,20,21,22)/b19-9-. The zero-order valence-electron chi connectivity index (χ0n) is 13.3. The summed E-state index contributed by atoms with van der Waals surface area (Å²) < 4.78 is 5.34. The maximum atomic E-state index is 9.83. The summed E-state index contributed by atoms with van der Waals surface area (Å²) in [5.74, 6) is 0.795. The first-order chi connectivity index (χ1) is 11.6. The summed E-state index contributed by atoms with van der Waals surface area (Å²) in [6, 6.07) is 9.24. The summed E-state index contributed by atoms with van der Waals surface area (Å²) in [4.78, 5) is 7.54. The molecule has 0 atom stereocenters. The van der Waals surface area contributed by atoms with E-state index in [-0.39, 0.29) is 10.8 Å². The number of hydrazone groups is 1. The summed E-state index contributed by atoms with van der Waals surface area (Å²) in [6.45, 7) is 4.29. The number of imidazole rings is 1. The Bertz CT molecular complexity index is 905. The molecular weight excluding hydrogens is 328 g/mol. The second-order valence-corrected chi connectivity index (χ2v) is 5.67. The van der Waals surface area contributed by atoms with Crippen LogP contribution in [-0.4, -0.2) is 27.9 Å². The lowest BCUT2D eigenvalue weighted by Gasteiger charge is -2.08. The quantitative estimate of drug-likeness (QED) is 0.481. The Balaban J connectivity index is 1.77. The van der Waals surface area contributed by atoms with Crippen molar-refractivity contribution in [2.75, 3.05) is 12.0 Å². The Morgan fingerprint density at radius 3 is 3.00 bits per heavy atom. The Morgan fingerprint density at radius 1 is 1.38 bits per heavy atom. The molecule has 124 valence electrons. The number of aromatic nitrogens is 2. The van der Waals surface area contributed by atoms with Crippen molar-refractivity contribution in [1.29, 1.82) is 0 Å². The lowest BCUT2D eigenvalue weighted by molar-refractivity contribution is 0.318. The van der Waals surface area contributed by atoms with Crippen LogP contribution in [0.5, 0.6) is 11.5 Å². The highest BCUT2D eigenvalue weighted by molar-refractivity contribution is 6.32. The smallest absolute Gasteiger partial charge is 0.222 e. The largest absolute Gasteiger partial charge is 0.503 e. The van der Waals surface area contributed by atoms with E-state index in [1.54, 1.807) is 18.3 Å². The highest BCUT2D eigenvalue weighted by atomic mass is 35.5. The van der Waals surface area contributed by atoms with Crippen LogP contribution >= 0.6 is 11.6 Å². The van der Waals surface area contributed by atoms with Gasteiger partial charge in [-0.25, -0.2) is 10.4 Å². The van der Waals surface area contributed by atoms with E-state index in [9.17, 15) is 5.11 Å². The molecule has 1 heterocycles. The van der Waals surface area contributed by atoms with Gasteiger partial charge in [0.1, 0.15) is 0 Å². The minimum absolute atomic E-state index is 0.0729. The molecule has 2 aromatic carbocycles. The van der Waals surface area contributed by atoms with Crippen LogP contribution in [0, 0.1) is 6.92 Å². The third kappa shape index (κ3) is 3.44. The van der Waals surface area contributed by atoms with Crippen LogP contribution in [0.2, 0.25) is 5.02 Å². The molecule has 0 fully saturated rings. The van der Waals surface area contributed by atoms with E-state index in [1.807, 2.05) is 32.0 Å². The van der Waals surface area contributed by atoms with Gasteiger partial charge in [0.25, 0.3) is 0 Å². The maximum absolute atomic E-state index is 9.83. The SMILES string of the molecule is CCOc1cc(/C=N\Nc2nc3ccc(C)cc3[nH]2)cc(Cl)c1O. The Kier molecular flexibility index (Phi) is 4.57. The Hall–Kier alpha value is -2.73. The predicted octanol–water partition coefficient (Wildman–Crippen LogP) is 4.08. The summed E-state index contributed by atoms with van der Waals surface area (Å²) in [6.07, 6.45) is 1.58. The van der Waals surface area contributed by atoms with E-state index in [0.717, 1.165) is 16.6 Å². The average Bonchev–Trinajstić information content (AvgIpc) is 2.94. The summed E-state index contributed by atoms with van der Waals surface area (Å²) in [5, 5.41) is 14.2. The molecule has 6 nitrogen and oxygen atoms in total. The number of nitrogens with one attached hydrogen (secondary N) is 2. The molecule has 3 aromatic rings. The summed E-state index contributed by atoms with van der Waals surface area (Å²) in [7, 11) is 0. The fourth-order valence-electron chi connectivity index (χ4n) is 2.28. The van der Waals surface area contributed by atoms with Crippen molar-refractivity contribution in [1.82, 2.24) is 9.97 Å². The summed E-state index contributed by atoms with van der Waals surface area (Å²) >= 11 is 5.99. The van der Waals surface area contributed by atoms with Gasteiger partial charge in [-0.1, -0.05) is 17.7 Å². The molecule has 0 amide bonds. The van der Waals surface area contributed by atoms with Crippen molar-refractivity contribution in [3.63, 3.8) is 0 Å². The molecule has 0 radical (unpaired) electrons. The first kappa shape index (κ1) is 16.1. The number of benzene rings is 2. The van der Waals surface area contributed by atoms with Crippen molar-refractivity contribution in [2.24, 2.45) is 5.10 Å². The minimum Gasteiger partial charge on any atom is -0.503 e. The fourth-order valence-corrected chi connectivity index (χ4v) is 2.50. The third-order valence-electron chi connectivity index (χ3n) is 3.37. The van der Waals surface area contributed by atoms with Gasteiger partial charge < -0.3 is 14.8 Å². The number of ether oxygens (including phenoxy) is 1. The van der Waals surface area contributed by atoms with Crippen LogP contribution in [0.1, 0.15) is 18.1 Å². The van der Waals surface area contributed by atoms with E-state index in [0.29, 0.717) is 23.9 Å². The first-order valence-electron chi connectivity index (χ1n) is 7.47. The number of anilines is 1.